The molecule has 0 spiro atoms. The maximum absolute atomic E-state index is 9.45. The number of nitrogens with one attached hydrogen (secondary N) is 1. The second-order valence-electron chi connectivity index (χ2n) is 3.28. The molecule has 0 bridgehead atoms. The summed E-state index contributed by atoms with van der Waals surface area (Å²) in [5.74, 6) is 1.09. The van der Waals surface area contributed by atoms with Gasteiger partial charge in [-0.25, -0.2) is 0 Å². The van der Waals surface area contributed by atoms with Crippen molar-refractivity contribution in [1.29, 1.82) is 0 Å². The van der Waals surface area contributed by atoms with Gasteiger partial charge in [0.1, 0.15) is 0 Å². The molecule has 0 aliphatic heterocycles. The molecule has 0 saturated heterocycles. The summed E-state index contributed by atoms with van der Waals surface area (Å²) < 4.78 is 5.30. The summed E-state index contributed by atoms with van der Waals surface area (Å²) in [5, 5.41) is 12.6. The van der Waals surface area contributed by atoms with Crippen LogP contribution in [0, 0.1) is 0 Å². The highest BCUT2D eigenvalue weighted by atomic mass is 32.2. The Morgan fingerprint density at radius 1 is 1.50 bits per heavy atom. The molecule has 0 radical (unpaired) electrons. The molecule has 0 heterocycles. The van der Waals surface area contributed by atoms with Gasteiger partial charge in [-0.1, -0.05) is 13.3 Å². The topological polar surface area (TPSA) is 41.5 Å². The van der Waals surface area contributed by atoms with Crippen LogP contribution in [0.15, 0.2) is 0 Å². The molecule has 0 aliphatic carbocycles. The molecule has 1 atom stereocenters. The van der Waals surface area contributed by atoms with Crippen molar-refractivity contribution in [1.82, 2.24) is 5.32 Å². The lowest BCUT2D eigenvalue weighted by molar-refractivity contribution is 0.0362. The third kappa shape index (κ3) is 10.3. The molecular weight excluding hydrogens is 198 g/mol. The number of rotatable bonds is 10. The van der Waals surface area contributed by atoms with E-state index in [0.717, 1.165) is 31.7 Å². The maximum Gasteiger partial charge on any atom is 0.0897 e. The van der Waals surface area contributed by atoms with Gasteiger partial charge in [-0.3, -0.25) is 0 Å². The van der Waals surface area contributed by atoms with Gasteiger partial charge in [0.25, 0.3) is 0 Å². The first-order chi connectivity index (χ1) is 6.81. The van der Waals surface area contributed by atoms with Gasteiger partial charge in [-0.2, -0.15) is 11.8 Å². The highest BCUT2D eigenvalue weighted by molar-refractivity contribution is 7.98. The summed E-state index contributed by atoms with van der Waals surface area (Å²) in [6.07, 6.45) is 3.93. The van der Waals surface area contributed by atoms with Gasteiger partial charge in [0.05, 0.1) is 12.7 Å². The zero-order valence-corrected chi connectivity index (χ0v) is 10.1. The van der Waals surface area contributed by atoms with Crippen LogP contribution in [0.1, 0.15) is 19.8 Å². The Bertz CT molecular complexity index is 102. The van der Waals surface area contributed by atoms with Crippen LogP contribution in [-0.4, -0.2) is 49.5 Å². The predicted molar refractivity (Wildman–Crippen MR) is 63.0 cm³/mol. The van der Waals surface area contributed by atoms with Crippen molar-refractivity contribution in [2.75, 3.05) is 38.3 Å². The van der Waals surface area contributed by atoms with Gasteiger partial charge in [-0.15, -0.1) is 0 Å². The number of hydrogen-bond donors (Lipinski definition) is 2. The number of thioether (sulfide) groups is 1. The Kier molecular flexibility index (Phi) is 11.5. The van der Waals surface area contributed by atoms with Crippen molar-refractivity contribution in [3.05, 3.63) is 0 Å². The number of aliphatic hydroxyl groups is 1. The molecule has 0 amide bonds. The van der Waals surface area contributed by atoms with Gasteiger partial charge < -0.3 is 15.2 Å². The monoisotopic (exact) mass is 221 g/mol. The zero-order chi connectivity index (χ0) is 10.6. The van der Waals surface area contributed by atoms with E-state index in [-0.39, 0.29) is 6.10 Å². The molecule has 3 nitrogen and oxygen atoms in total. The van der Waals surface area contributed by atoms with E-state index in [1.807, 2.05) is 0 Å². The van der Waals surface area contributed by atoms with Gasteiger partial charge in [-0.05, 0) is 12.7 Å². The fourth-order valence-corrected chi connectivity index (χ4v) is 1.32. The van der Waals surface area contributed by atoms with Crippen LogP contribution < -0.4 is 5.32 Å². The van der Waals surface area contributed by atoms with E-state index < -0.39 is 0 Å². The normalized spacial score (nSPS) is 13.1. The standard InChI is InChI=1S/C10H23NO2S/c1-3-4-6-13-9-10(12)8-11-5-7-14-2/h10-12H,3-9H2,1-2H3. The first kappa shape index (κ1) is 14.2. The first-order valence-electron chi connectivity index (χ1n) is 5.26. The molecule has 14 heavy (non-hydrogen) atoms. The highest BCUT2D eigenvalue weighted by Crippen LogP contribution is 1.91. The van der Waals surface area contributed by atoms with Crippen LogP contribution >= 0.6 is 11.8 Å². The van der Waals surface area contributed by atoms with Crippen LogP contribution in [-0.2, 0) is 4.74 Å². The van der Waals surface area contributed by atoms with Crippen molar-refractivity contribution in [3.8, 4) is 0 Å². The fourth-order valence-electron chi connectivity index (χ4n) is 0.968. The lowest BCUT2D eigenvalue weighted by Crippen LogP contribution is -2.31. The summed E-state index contributed by atoms with van der Waals surface area (Å²) in [4.78, 5) is 0. The third-order valence-electron chi connectivity index (χ3n) is 1.82. The van der Waals surface area contributed by atoms with E-state index in [9.17, 15) is 5.11 Å². The quantitative estimate of drug-likeness (QED) is 0.542. The SMILES string of the molecule is CCCCOCC(O)CNCCSC. The van der Waals surface area contributed by atoms with Crippen LogP contribution in [0.5, 0.6) is 0 Å². The summed E-state index contributed by atoms with van der Waals surface area (Å²) in [6, 6.07) is 0. The number of hydrogen-bond acceptors (Lipinski definition) is 4. The minimum atomic E-state index is -0.367. The molecule has 0 fully saturated rings. The van der Waals surface area contributed by atoms with Gasteiger partial charge in [0.15, 0.2) is 0 Å². The molecule has 0 aliphatic rings. The van der Waals surface area contributed by atoms with Crippen LogP contribution in [0.3, 0.4) is 0 Å². The largest absolute Gasteiger partial charge is 0.389 e. The number of unbranched alkanes of at least 4 members (excludes halogenated alkanes) is 1. The van der Waals surface area contributed by atoms with E-state index in [1.165, 1.54) is 0 Å². The molecule has 0 aromatic carbocycles. The molecule has 0 aromatic rings. The van der Waals surface area contributed by atoms with Crippen molar-refractivity contribution in [2.45, 2.75) is 25.9 Å². The Balaban J connectivity index is 3.07. The van der Waals surface area contributed by atoms with Crippen LogP contribution in [0.2, 0.25) is 0 Å². The first-order valence-corrected chi connectivity index (χ1v) is 6.66. The lowest BCUT2D eigenvalue weighted by atomic mass is 10.3. The molecule has 1 unspecified atom stereocenters. The minimum Gasteiger partial charge on any atom is -0.389 e. The molecular formula is C10H23NO2S. The Morgan fingerprint density at radius 2 is 2.29 bits per heavy atom. The third-order valence-corrected chi connectivity index (χ3v) is 2.43. The van der Waals surface area contributed by atoms with Crippen molar-refractivity contribution in [3.63, 3.8) is 0 Å². The summed E-state index contributed by atoms with van der Waals surface area (Å²) in [7, 11) is 0. The number of aliphatic hydroxyl groups excluding tert-OH is 1. The fraction of sp³-hybridized carbons (Fsp3) is 1.00. The zero-order valence-electron chi connectivity index (χ0n) is 9.29. The van der Waals surface area contributed by atoms with Crippen LogP contribution in [0.25, 0.3) is 0 Å². The second-order valence-corrected chi connectivity index (χ2v) is 4.26. The Labute approximate surface area is 91.6 Å². The van der Waals surface area contributed by atoms with Crippen molar-refractivity contribution in [2.24, 2.45) is 0 Å². The minimum absolute atomic E-state index is 0.367. The molecule has 0 saturated carbocycles. The predicted octanol–water partition coefficient (Wildman–Crippen LogP) is 1.12. The molecule has 0 aromatic heterocycles. The Hall–Kier alpha value is 0.230. The summed E-state index contributed by atoms with van der Waals surface area (Å²) in [6.45, 7) is 4.92. The molecule has 2 N–H and O–H groups in total. The summed E-state index contributed by atoms with van der Waals surface area (Å²) >= 11 is 1.80. The molecule has 0 rings (SSSR count). The van der Waals surface area contributed by atoms with Gasteiger partial charge in [0, 0.05) is 25.4 Å². The highest BCUT2D eigenvalue weighted by Gasteiger charge is 2.02. The maximum atomic E-state index is 9.45. The summed E-state index contributed by atoms with van der Waals surface area (Å²) in [5.41, 5.74) is 0. The molecule has 4 heteroatoms. The number of ether oxygens (including phenoxy) is 1. The average molecular weight is 221 g/mol. The van der Waals surface area contributed by atoms with Gasteiger partial charge >= 0.3 is 0 Å². The van der Waals surface area contributed by atoms with Crippen molar-refractivity contribution < 1.29 is 9.84 Å². The Morgan fingerprint density at radius 3 is 2.93 bits per heavy atom. The van der Waals surface area contributed by atoms with E-state index >= 15 is 0 Å². The van der Waals surface area contributed by atoms with E-state index in [4.69, 9.17) is 4.74 Å². The van der Waals surface area contributed by atoms with Crippen molar-refractivity contribution >= 4 is 11.8 Å². The van der Waals surface area contributed by atoms with Gasteiger partial charge in [0.2, 0.25) is 0 Å². The average Bonchev–Trinajstić information content (AvgIpc) is 2.19. The lowest BCUT2D eigenvalue weighted by Gasteiger charge is -2.11. The van der Waals surface area contributed by atoms with Crippen LogP contribution in [0.4, 0.5) is 0 Å². The van der Waals surface area contributed by atoms with E-state index in [2.05, 4.69) is 18.5 Å². The second kappa shape index (κ2) is 11.3. The van der Waals surface area contributed by atoms with E-state index in [0.29, 0.717) is 13.2 Å². The smallest absolute Gasteiger partial charge is 0.0897 e. The van der Waals surface area contributed by atoms with E-state index in [1.54, 1.807) is 11.8 Å². The molecule has 86 valence electrons.